The van der Waals surface area contributed by atoms with Gasteiger partial charge in [0, 0.05) is 6.20 Å². The highest BCUT2D eigenvalue weighted by Crippen LogP contribution is 2.18. The molecule has 2 aromatic heterocycles. The number of nitrogen functional groups attached to an aromatic ring is 1. The topological polar surface area (TPSA) is 43.3 Å². The van der Waals surface area contributed by atoms with Gasteiger partial charge in [-0.3, -0.25) is 4.40 Å². The highest BCUT2D eigenvalue weighted by Gasteiger charge is 2.08. The molecule has 16 heavy (non-hydrogen) atoms. The number of aromatic nitrogens is 2. The van der Waals surface area contributed by atoms with E-state index in [1.54, 1.807) is 0 Å². The highest BCUT2D eigenvalue weighted by atomic mass is 15.1. The van der Waals surface area contributed by atoms with Crippen LogP contribution in [0.5, 0.6) is 0 Å². The largest absolute Gasteiger partial charge is 0.383 e. The highest BCUT2D eigenvalue weighted by molar-refractivity contribution is 5.53. The van der Waals surface area contributed by atoms with Crippen LogP contribution in [0, 0.1) is 6.92 Å². The first-order valence-electron chi connectivity index (χ1n) is 5.95. The summed E-state index contributed by atoms with van der Waals surface area (Å²) in [5.41, 5.74) is 9.29. The quantitative estimate of drug-likeness (QED) is 0.800. The Labute approximate surface area is 96.3 Å². The minimum atomic E-state index is 0.801. The number of anilines is 1. The van der Waals surface area contributed by atoms with Crippen molar-refractivity contribution >= 4 is 11.5 Å². The molecule has 0 fully saturated rings. The summed E-state index contributed by atoms with van der Waals surface area (Å²) in [6.45, 7) is 4.27. The summed E-state index contributed by atoms with van der Waals surface area (Å²) in [5, 5.41) is 0. The molecule has 0 saturated heterocycles. The maximum absolute atomic E-state index is 6.09. The first-order chi connectivity index (χ1) is 7.72. The number of rotatable bonds is 4. The van der Waals surface area contributed by atoms with E-state index in [4.69, 9.17) is 5.73 Å². The van der Waals surface area contributed by atoms with Gasteiger partial charge in [0.15, 0.2) is 0 Å². The van der Waals surface area contributed by atoms with Crippen LogP contribution in [0.25, 0.3) is 5.65 Å². The van der Waals surface area contributed by atoms with Crippen LogP contribution in [0.1, 0.15) is 37.4 Å². The second kappa shape index (κ2) is 4.56. The van der Waals surface area contributed by atoms with Gasteiger partial charge in [0.2, 0.25) is 0 Å². The molecule has 86 valence electrons. The predicted molar refractivity (Wildman–Crippen MR) is 67.6 cm³/mol. The molecule has 0 unspecified atom stereocenters. The lowest BCUT2D eigenvalue weighted by molar-refractivity contribution is 0.711. The van der Waals surface area contributed by atoms with E-state index in [2.05, 4.69) is 24.9 Å². The fourth-order valence-corrected chi connectivity index (χ4v) is 1.94. The monoisotopic (exact) mass is 217 g/mol. The van der Waals surface area contributed by atoms with Crippen molar-refractivity contribution in [2.45, 2.75) is 39.5 Å². The average molecular weight is 217 g/mol. The Morgan fingerprint density at radius 1 is 1.31 bits per heavy atom. The lowest BCUT2D eigenvalue weighted by atomic mass is 10.1. The van der Waals surface area contributed by atoms with Crippen LogP contribution in [0.2, 0.25) is 0 Å². The summed E-state index contributed by atoms with van der Waals surface area (Å²) in [7, 11) is 0. The van der Waals surface area contributed by atoms with Crippen LogP contribution in [-0.2, 0) is 6.42 Å². The fraction of sp³-hybridized carbons (Fsp3) is 0.462. The van der Waals surface area contributed by atoms with Gasteiger partial charge in [0.1, 0.15) is 11.5 Å². The molecule has 0 aromatic carbocycles. The molecule has 0 atom stereocenters. The molecule has 3 heteroatoms. The zero-order chi connectivity index (χ0) is 11.5. The third-order valence-corrected chi connectivity index (χ3v) is 2.90. The summed E-state index contributed by atoms with van der Waals surface area (Å²) in [6.07, 6.45) is 6.67. The molecule has 0 spiro atoms. The van der Waals surface area contributed by atoms with Gasteiger partial charge in [0.05, 0.1) is 5.69 Å². The molecule has 3 nitrogen and oxygen atoms in total. The number of nitrogens with two attached hydrogens (primary N) is 1. The van der Waals surface area contributed by atoms with Crippen molar-refractivity contribution < 1.29 is 0 Å². The predicted octanol–water partition coefficient (Wildman–Crippen LogP) is 2.96. The third-order valence-electron chi connectivity index (χ3n) is 2.90. The van der Waals surface area contributed by atoms with E-state index in [0.717, 1.165) is 23.6 Å². The van der Waals surface area contributed by atoms with E-state index in [0.29, 0.717) is 0 Å². The number of hydrogen-bond donors (Lipinski definition) is 1. The van der Waals surface area contributed by atoms with Crippen LogP contribution >= 0.6 is 0 Å². The number of hydrogen-bond acceptors (Lipinski definition) is 2. The van der Waals surface area contributed by atoms with Gasteiger partial charge in [-0.05, 0) is 31.4 Å². The van der Waals surface area contributed by atoms with Crippen molar-refractivity contribution in [2.24, 2.45) is 0 Å². The summed E-state index contributed by atoms with van der Waals surface area (Å²) >= 11 is 0. The smallest absolute Gasteiger partial charge is 0.138 e. The standard InChI is InChI=1S/C13H19N3/c1-3-4-5-6-11-13(14)16-9-10(2)7-8-12(16)15-11/h7-9H,3-6,14H2,1-2H3. The Kier molecular flexibility index (Phi) is 3.13. The van der Waals surface area contributed by atoms with E-state index < -0.39 is 0 Å². The van der Waals surface area contributed by atoms with Gasteiger partial charge in [-0.25, -0.2) is 4.98 Å². The molecule has 0 aliphatic rings. The molecule has 2 heterocycles. The van der Waals surface area contributed by atoms with Crippen LogP contribution < -0.4 is 5.73 Å². The lowest BCUT2D eigenvalue weighted by Gasteiger charge is -1.99. The lowest BCUT2D eigenvalue weighted by Crippen LogP contribution is -1.97. The van der Waals surface area contributed by atoms with Crippen molar-refractivity contribution in [3.05, 3.63) is 29.6 Å². The molecule has 0 amide bonds. The Morgan fingerprint density at radius 3 is 2.88 bits per heavy atom. The van der Waals surface area contributed by atoms with Crippen molar-refractivity contribution in [1.82, 2.24) is 9.38 Å². The fourth-order valence-electron chi connectivity index (χ4n) is 1.94. The van der Waals surface area contributed by atoms with Crippen molar-refractivity contribution in [3.63, 3.8) is 0 Å². The summed E-state index contributed by atoms with van der Waals surface area (Å²) < 4.78 is 1.98. The minimum absolute atomic E-state index is 0.801. The number of imidazole rings is 1. The number of nitrogens with zero attached hydrogens (tertiary/aromatic N) is 2. The zero-order valence-corrected chi connectivity index (χ0v) is 10.0. The molecule has 0 aliphatic carbocycles. The molecule has 0 aliphatic heterocycles. The summed E-state index contributed by atoms with van der Waals surface area (Å²) in [6, 6.07) is 4.09. The van der Waals surface area contributed by atoms with Gasteiger partial charge in [-0.2, -0.15) is 0 Å². The van der Waals surface area contributed by atoms with E-state index in [1.165, 1.54) is 24.8 Å². The van der Waals surface area contributed by atoms with Gasteiger partial charge >= 0.3 is 0 Å². The second-order valence-corrected chi connectivity index (χ2v) is 4.34. The Bertz CT molecular complexity index is 485. The maximum Gasteiger partial charge on any atom is 0.138 e. The zero-order valence-electron chi connectivity index (χ0n) is 10.0. The molecular weight excluding hydrogens is 198 g/mol. The summed E-state index contributed by atoms with van der Waals surface area (Å²) in [5.74, 6) is 0.801. The molecular formula is C13H19N3. The molecule has 0 radical (unpaired) electrons. The number of fused-ring (bicyclic) bond motifs is 1. The van der Waals surface area contributed by atoms with E-state index in [9.17, 15) is 0 Å². The first kappa shape index (κ1) is 11.0. The SMILES string of the molecule is CCCCCc1nc2ccc(C)cn2c1N. The Hall–Kier alpha value is -1.51. The maximum atomic E-state index is 6.09. The normalized spacial score (nSPS) is 11.1. The van der Waals surface area contributed by atoms with E-state index in [-0.39, 0.29) is 0 Å². The summed E-state index contributed by atoms with van der Waals surface area (Å²) in [4.78, 5) is 4.56. The van der Waals surface area contributed by atoms with Crippen LogP contribution in [0.4, 0.5) is 5.82 Å². The minimum Gasteiger partial charge on any atom is -0.383 e. The number of pyridine rings is 1. The van der Waals surface area contributed by atoms with Crippen LogP contribution in [-0.4, -0.2) is 9.38 Å². The van der Waals surface area contributed by atoms with Gasteiger partial charge in [-0.1, -0.05) is 25.8 Å². The van der Waals surface area contributed by atoms with Crippen molar-refractivity contribution in [2.75, 3.05) is 5.73 Å². The average Bonchev–Trinajstić information content (AvgIpc) is 2.57. The van der Waals surface area contributed by atoms with Gasteiger partial charge < -0.3 is 5.73 Å². The first-order valence-corrected chi connectivity index (χ1v) is 5.95. The molecule has 2 aromatic rings. The molecule has 2 rings (SSSR count). The number of unbranched alkanes of at least 4 members (excludes halogenated alkanes) is 2. The Morgan fingerprint density at radius 2 is 2.12 bits per heavy atom. The van der Waals surface area contributed by atoms with Crippen LogP contribution in [0.3, 0.4) is 0 Å². The van der Waals surface area contributed by atoms with Crippen LogP contribution in [0.15, 0.2) is 18.3 Å². The van der Waals surface area contributed by atoms with E-state index >= 15 is 0 Å². The van der Waals surface area contributed by atoms with Gasteiger partial charge in [0.25, 0.3) is 0 Å². The Balaban J connectivity index is 2.29. The van der Waals surface area contributed by atoms with Gasteiger partial charge in [-0.15, -0.1) is 0 Å². The third kappa shape index (κ3) is 2.03. The van der Waals surface area contributed by atoms with Crippen molar-refractivity contribution in [1.29, 1.82) is 0 Å². The molecule has 0 bridgehead atoms. The second-order valence-electron chi connectivity index (χ2n) is 4.34. The molecule has 2 N–H and O–H groups in total. The van der Waals surface area contributed by atoms with E-state index in [1.807, 2.05) is 16.7 Å². The molecule has 0 saturated carbocycles. The number of aryl methyl sites for hydroxylation is 2. The van der Waals surface area contributed by atoms with Crippen molar-refractivity contribution in [3.8, 4) is 0 Å².